The summed E-state index contributed by atoms with van der Waals surface area (Å²) in [5, 5.41) is 23.1. The van der Waals surface area contributed by atoms with Gasteiger partial charge in [-0.2, -0.15) is 9.61 Å². The molecule has 2 aliphatic rings. The summed E-state index contributed by atoms with van der Waals surface area (Å²) in [5.74, 6) is 0.654. The molecular weight excluding hydrogens is 426 g/mol. The predicted octanol–water partition coefficient (Wildman–Crippen LogP) is 1.28. The first-order valence-corrected chi connectivity index (χ1v) is 11.2. The van der Waals surface area contributed by atoms with Crippen molar-refractivity contribution in [3.05, 3.63) is 46.5 Å². The zero-order valence-corrected chi connectivity index (χ0v) is 18.3. The summed E-state index contributed by atoms with van der Waals surface area (Å²) in [4.78, 5) is 30.5. The molecule has 5 rings (SSSR count). The van der Waals surface area contributed by atoms with E-state index in [0.29, 0.717) is 41.6 Å². The average Bonchev–Trinajstić information content (AvgIpc) is 3.27. The van der Waals surface area contributed by atoms with E-state index in [0.717, 1.165) is 25.9 Å². The van der Waals surface area contributed by atoms with Crippen LogP contribution in [0.4, 0.5) is 17.3 Å². The molecule has 11 nitrogen and oxygen atoms in total. The van der Waals surface area contributed by atoms with Crippen molar-refractivity contribution in [2.75, 3.05) is 30.9 Å². The highest BCUT2D eigenvalue weighted by Crippen LogP contribution is 2.24. The molecule has 1 saturated carbocycles. The number of ether oxygens (including phenoxy) is 1. The van der Waals surface area contributed by atoms with Gasteiger partial charge in [-0.05, 0) is 37.8 Å². The number of anilines is 3. The van der Waals surface area contributed by atoms with Gasteiger partial charge in [0.1, 0.15) is 22.9 Å². The minimum Gasteiger partial charge on any atom is -0.391 e. The van der Waals surface area contributed by atoms with Gasteiger partial charge < -0.3 is 30.4 Å². The van der Waals surface area contributed by atoms with Gasteiger partial charge in [-0.25, -0.2) is 4.98 Å². The van der Waals surface area contributed by atoms with Crippen molar-refractivity contribution in [1.29, 1.82) is 0 Å². The molecule has 3 aromatic rings. The first kappa shape index (κ1) is 21.4. The zero-order valence-electron chi connectivity index (χ0n) is 18.3. The smallest absolute Gasteiger partial charge is 0.274 e. The molecule has 0 radical (unpaired) electrons. The van der Waals surface area contributed by atoms with E-state index in [-0.39, 0.29) is 23.6 Å². The molecule has 0 unspecified atom stereocenters. The SMILES string of the molecule is CNc1cc(Nc2cccn([C@H]3CCCOC3)c2=O)nc2c(C(=O)N[C@H]3CC[C@H]3O)cnn12. The lowest BCUT2D eigenvalue weighted by atomic mass is 9.89. The number of carbonyl (C=O) groups is 1. The van der Waals surface area contributed by atoms with E-state index < -0.39 is 6.10 Å². The van der Waals surface area contributed by atoms with Crippen LogP contribution in [0.25, 0.3) is 5.65 Å². The lowest BCUT2D eigenvalue weighted by molar-refractivity contribution is 0.0448. The summed E-state index contributed by atoms with van der Waals surface area (Å²) in [6.07, 6.45) is 5.92. The number of pyridine rings is 1. The second-order valence-corrected chi connectivity index (χ2v) is 8.43. The fraction of sp³-hybridized carbons (Fsp3) is 0.455. The number of hydrogen-bond acceptors (Lipinski definition) is 8. The number of rotatable bonds is 6. The molecule has 1 amide bonds. The third kappa shape index (κ3) is 4.05. The molecule has 4 heterocycles. The Labute approximate surface area is 189 Å². The van der Waals surface area contributed by atoms with Crippen molar-refractivity contribution in [3.8, 4) is 0 Å². The van der Waals surface area contributed by atoms with Crippen LogP contribution in [0.5, 0.6) is 0 Å². The molecule has 11 heteroatoms. The van der Waals surface area contributed by atoms with Gasteiger partial charge in [0, 0.05) is 25.9 Å². The van der Waals surface area contributed by atoms with E-state index in [9.17, 15) is 14.7 Å². The maximum atomic E-state index is 13.1. The summed E-state index contributed by atoms with van der Waals surface area (Å²) in [5.41, 5.74) is 0.850. The number of nitrogens with zero attached hydrogens (tertiary/aromatic N) is 4. The van der Waals surface area contributed by atoms with E-state index >= 15 is 0 Å². The van der Waals surface area contributed by atoms with E-state index in [2.05, 4.69) is 26.0 Å². The first-order chi connectivity index (χ1) is 16.0. The van der Waals surface area contributed by atoms with Gasteiger partial charge >= 0.3 is 0 Å². The number of amides is 1. The Morgan fingerprint density at radius 2 is 2.18 bits per heavy atom. The van der Waals surface area contributed by atoms with Crippen LogP contribution in [-0.2, 0) is 4.74 Å². The Kier molecular flexibility index (Phi) is 5.73. The largest absolute Gasteiger partial charge is 0.391 e. The second-order valence-electron chi connectivity index (χ2n) is 8.43. The van der Waals surface area contributed by atoms with Crippen molar-refractivity contribution in [2.45, 2.75) is 43.9 Å². The number of fused-ring (bicyclic) bond motifs is 1. The fourth-order valence-corrected chi connectivity index (χ4v) is 4.24. The third-order valence-electron chi connectivity index (χ3n) is 6.29. The summed E-state index contributed by atoms with van der Waals surface area (Å²) in [6.45, 7) is 1.24. The molecule has 3 atom stereocenters. The third-order valence-corrected chi connectivity index (χ3v) is 6.29. The Morgan fingerprint density at radius 3 is 2.88 bits per heavy atom. The van der Waals surface area contributed by atoms with Crippen LogP contribution in [-0.4, -0.2) is 62.6 Å². The number of carbonyl (C=O) groups excluding carboxylic acids is 1. The molecule has 3 aromatic heterocycles. The van der Waals surface area contributed by atoms with E-state index in [1.807, 2.05) is 6.07 Å². The van der Waals surface area contributed by atoms with Gasteiger partial charge in [-0.3, -0.25) is 9.59 Å². The minimum atomic E-state index is -0.524. The highest BCUT2D eigenvalue weighted by molar-refractivity contribution is 6.00. The fourth-order valence-electron chi connectivity index (χ4n) is 4.24. The highest BCUT2D eigenvalue weighted by Gasteiger charge is 2.31. The molecule has 1 aliphatic carbocycles. The van der Waals surface area contributed by atoms with Crippen LogP contribution >= 0.6 is 0 Å². The van der Waals surface area contributed by atoms with Crippen molar-refractivity contribution < 1.29 is 14.6 Å². The average molecular weight is 454 g/mol. The normalized spacial score (nSPS) is 22.5. The maximum absolute atomic E-state index is 13.1. The van der Waals surface area contributed by atoms with Gasteiger partial charge in [-0.15, -0.1) is 0 Å². The van der Waals surface area contributed by atoms with E-state index in [4.69, 9.17) is 4.74 Å². The lowest BCUT2D eigenvalue weighted by Crippen LogP contribution is -2.50. The molecule has 0 bridgehead atoms. The Hall–Kier alpha value is -3.44. The molecule has 1 saturated heterocycles. The van der Waals surface area contributed by atoms with Crippen LogP contribution in [0.1, 0.15) is 42.1 Å². The van der Waals surface area contributed by atoms with E-state index in [1.165, 1.54) is 10.7 Å². The number of aliphatic hydroxyl groups excluding tert-OH is 1. The van der Waals surface area contributed by atoms with Gasteiger partial charge in [-0.1, -0.05) is 0 Å². The van der Waals surface area contributed by atoms with Gasteiger partial charge in [0.2, 0.25) is 0 Å². The van der Waals surface area contributed by atoms with Crippen LogP contribution in [0.3, 0.4) is 0 Å². The monoisotopic (exact) mass is 453 g/mol. The Balaban J connectivity index is 1.46. The van der Waals surface area contributed by atoms with Gasteiger partial charge in [0.05, 0.1) is 31.0 Å². The van der Waals surface area contributed by atoms with Crippen LogP contribution in [0.2, 0.25) is 0 Å². The van der Waals surface area contributed by atoms with Gasteiger partial charge in [0.25, 0.3) is 11.5 Å². The van der Waals surface area contributed by atoms with Crippen molar-refractivity contribution in [2.24, 2.45) is 0 Å². The number of nitrogens with one attached hydrogen (secondary N) is 3. The summed E-state index contributed by atoms with van der Waals surface area (Å²) in [7, 11) is 1.74. The summed E-state index contributed by atoms with van der Waals surface area (Å²) < 4.78 is 8.76. The molecule has 0 aromatic carbocycles. The molecule has 33 heavy (non-hydrogen) atoms. The molecule has 174 valence electrons. The number of aliphatic hydroxyl groups is 1. The molecule has 2 fully saturated rings. The van der Waals surface area contributed by atoms with Crippen LogP contribution < -0.4 is 21.5 Å². The van der Waals surface area contributed by atoms with Crippen molar-refractivity contribution in [1.82, 2.24) is 24.5 Å². The minimum absolute atomic E-state index is 0.00305. The summed E-state index contributed by atoms with van der Waals surface area (Å²) in [6, 6.07) is 4.98. The Bertz CT molecular complexity index is 1230. The summed E-state index contributed by atoms with van der Waals surface area (Å²) >= 11 is 0. The maximum Gasteiger partial charge on any atom is 0.274 e. The number of hydrogen-bond donors (Lipinski definition) is 4. The van der Waals surface area contributed by atoms with Crippen LogP contribution in [0.15, 0.2) is 35.4 Å². The Morgan fingerprint density at radius 1 is 1.30 bits per heavy atom. The zero-order chi connectivity index (χ0) is 22.9. The molecule has 4 N–H and O–H groups in total. The predicted molar refractivity (Wildman–Crippen MR) is 122 cm³/mol. The highest BCUT2D eigenvalue weighted by atomic mass is 16.5. The standard InChI is InChI=1S/C22H27N7O4/c1-23-19-10-18(25-16-5-2-8-28(22(16)32)13-4-3-9-33-12-13)27-20-14(11-24-29(19)20)21(31)26-15-6-7-17(15)30/h2,5,8,10-11,13,15,17,23,30H,3-4,6-7,9,12H2,1H3,(H,25,27)(H,26,31)/t13-,15-,17+/m0/s1. The van der Waals surface area contributed by atoms with Crippen molar-refractivity contribution >= 4 is 28.9 Å². The second kappa shape index (κ2) is 8.83. The quantitative estimate of drug-likeness (QED) is 0.438. The van der Waals surface area contributed by atoms with Crippen LogP contribution in [0, 0.1) is 0 Å². The molecule has 1 aliphatic heterocycles. The molecular formula is C22H27N7O4. The van der Waals surface area contributed by atoms with Crippen molar-refractivity contribution in [3.63, 3.8) is 0 Å². The number of aromatic nitrogens is 4. The first-order valence-electron chi connectivity index (χ1n) is 11.2. The lowest BCUT2D eigenvalue weighted by Gasteiger charge is -2.32. The molecule has 0 spiro atoms. The van der Waals surface area contributed by atoms with E-state index in [1.54, 1.807) is 29.9 Å². The topological polar surface area (TPSA) is 135 Å². The van der Waals surface area contributed by atoms with Gasteiger partial charge in [0.15, 0.2) is 5.65 Å².